The summed E-state index contributed by atoms with van der Waals surface area (Å²) in [6.07, 6.45) is 6.72. The molecule has 0 aliphatic carbocycles. The minimum Gasteiger partial charge on any atom is -0.293 e. The molecule has 0 atom stereocenters. The molecule has 2 rings (SSSR count). The molecule has 2 aromatic heterocycles. The van der Waals surface area contributed by atoms with Gasteiger partial charge in [-0.2, -0.15) is 0 Å². The molecule has 0 aliphatic rings. The number of hydrogen-bond acceptors (Lipinski definition) is 3. The number of unbranched alkanes of at least 4 members (excludes halogenated alkanes) is 4. The summed E-state index contributed by atoms with van der Waals surface area (Å²) in [5.74, 6) is 0.310. The molecular weight excluding hydrogens is 272 g/mol. The first-order chi connectivity index (χ1) is 9.31. The monoisotopic (exact) mass is 292 g/mol. The van der Waals surface area contributed by atoms with Crippen LogP contribution < -0.4 is 0 Å². The molecular formula is C16H20OS2. The quantitative estimate of drug-likeness (QED) is 0.429. The topological polar surface area (TPSA) is 17.1 Å². The molecule has 0 saturated carbocycles. The Morgan fingerprint density at radius 2 is 1.89 bits per heavy atom. The highest BCUT2D eigenvalue weighted by Gasteiger charge is 2.10. The molecule has 0 fully saturated rings. The van der Waals surface area contributed by atoms with Crippen LogP contribution in [0.15, 0.2) is 29.6 Å². The summed E-state index contributed by atoms with van der Waals surface area (Å²) in [6, 6.07) is 8.21. The van der Waals surface area contributed by atoms with Crippen LogP contribution in [0.5, 0.6) is 0 Å². The Balaban J connectivity index is 1.83. The van der Waals surface area contributed by atoms with Crippen molar-refractivity contribution in [2.45, 2.75) is 45.4 Å². The molecule has 2 heterocycles. The van der Waals surface area contributed by atoms with Gasteiger partial charge in [-0.1, -0.05) is 38.7 Å². The summed E-state index contributed by atoms with van der Waals surface area (Å²) < 4.78 is 0. The number of carbonyl (C=O) groups excluding carboxylic acids is 1. The van der Waals surface area contributed by atoms with Crippen molar-refractivity contribution in [2.24, 2.45) is 0 Å². The van der Waals surface area contributed by atoms with Crippen LogP contribution in [0.25, 0.3) is 9.75 Å². The van der Waals surface area contributed by atoms with Crippen molar-refractivity contribution in [3.63, 3.8) is 0 Å². The van der Waals surface area contributed by atoms with Crippen LogP contribution in [0.2, 0.25) is 0 Å². The van der Waals surface area contributed by atoms with E-state index < -0.39 is 0 Å². The Morgan fingerprint density at radius 1 is 1.05 bits per heavy atom. The Morgan fingerprint density at radius 3 is 2.63 bits per heavy atom. The van der Waals surface area contributed by atoms with Crippen molar-refractivity contribution in [1.82, 2.24) is 0 Å². The van der Waals surface area contributed by atoms with Crippen molar-refractivity contribution in [3.8, 4) is 9.75 Å². The summed E-state index contributed by atoms with van der Waals surface area (Å²) in [5.41, 5.74) is 0. The second-order valence-electron chi connectivity index (χ2n) is 4.73. The van der Waals surface area contributed by atoms with Gasteiger partial charge in [0.2, 0.25) is 0 Å². The first kappa shape index (κ1) is 14.5. The molecule has 0 bridgehead atoms. The van der Waals surface area contributed by atoms with Gasteiger partial charge in [0.05, 0.1) is 4.88 Å². The van der Waals surface area contributed by atoms with Gasteiger partial charge in [-0.05, 0) is 30.0 Å². The van der Waals surface area contributed by atoms with E-state index in [9.17, 15) is 4.79 Å². The van der Waals surface area contributed by atoms with Gasteiger partial charge in [-0.3, -0.25) is 4.79 Å². The molecule has 2 aromatic rings. The second kappa shape index (κ2) is 7.61. The summed E-state index contributed by atoms with van der Waals surface area (Å²) in [6.45, 7) is 2.21. The number of rotatable bonds is 8. The standard InChI is InChI=1S/C16H20OS2/c1-2-3-4-5-6-8-13(17)14-10-11-16(19-14)15-9-7-12-18-15/h7,9-12H,2-6,8H2,1H3. The van der Waals surface area contributed by atoms with Crippen LogP contribution >= 0.6 is 22.7 Å². The molecule has 102 valence electrons. The Labute approximate surface area is 123 Å². The zero-order chi connectivity index (χ0) is 13.5. The maximum Gasteiger partial charge on any atom is 0.172 e. The lowest BCUT2D eigenvalue weighted by Crippen LogP contribution is -1.95. The van der Waals surface area contributed by atoms with E-state index in [0.717, 1.165) is 11.3 Å². The van der Waals surface area contributed by atoms with E-state index in [0.29, 0.717) is 12.2 Å². The largest absolute Gasteiger partial charge is 0.293 e. The van der Waals surface area contributed by atoms with Crippen molar-refractivity contribution in [1.29, 1.82) is 0 Å². The highest BCUT2D eigenvalue weighted by Crippen LogP contribution is 2.32. The number of thiophene rings is 2. The fourth-order valence-corrected chi connectivity index (χ4v) is 3.86. The Hall–Kier alpha value is -0.930. The van der Waals surface area contributed by atoms with Crippen molar-refractivity contribution in [2.75, 3.05) is 0 Å². The average Bonchev–Trinajstić information content (AvgIpc) is 3.08. The molecule has 0 saturated heterocycles. The molecule has 19 heavy (non-hydrogen) atoms. The second-order valence-corrected chi connectivity index (χ2v) is 6.76. The molecule has 0 aromatic carbocycles. The van der Waals surface area contributed by atoms with Gasteiger partial charge < -0.3 is 0 Å². The first-order valence-corrected chi connectivity index (χ1v) is 8.68. The summed E-state index contributed by atoms with van der Waals surface area (Å²) >= 11 is 3.36. The predicted octanol–water partition coefficient (Wildman–Crippen LogP) is 6.02. The molecule has 0 aliphatic heterocycles. The number of carbonyl (C=O) groups is 1. The van der Waals surface area contributed by atoms with Crippen LogP contribution in [0.4, 0.5) is 0 Å². The fourth-order valence-electron chi connectivity index (χ4n) is 2.05. The van der Waals surface area contributed by atoms with Gasteiger partial charge in [0.15, 0.2) is 5.78 Å². The molecule has 0 N–H and O–H groups in total. The predicted molar refractivity (Wildman–Crippen MR) is 85.3 cm³/mol. The van der Waals surface area contributed by atoms with Gasteiger partial charge in [0.25, 0.3) is 0 Å². The highest BCUT2D eigenvalue weighted by molar-refractivity contribution is 7.22. The highest BCUT2D eigenvalue weighted by atomic mass is 32.1. The third kappa shape index (κ3) is 4.29. The lowest BCUT2D eigenvalue weighted by atomic mass is 10.1. The third-order valence-corrected chi connectivity index (χ3v) is 5.34. The summed E-state index contributed by atoms with van der Waals surface area (Å²) in [5, 5.41) is 2.07. The van der Waals surface area contributed by atoms with Crippen LogP contribution in [-0.2, 0) is 0 Å². The maximum absolute atomic E-state index is 12.1. The van der Waals surface area contributed by atoms with Crippen LogP contribution in [-0.4, -0.2) is 5.78 Å². The van der Waals surface area contributed by atoms with E-state index in [-0.39, 0.29) is 0 Å². The molecule has 0 radical (unpaired) electrons. The van der Waals surface area contributed by atoms with Crippen LogP contribution in [0, 0.1) is 0 Å². The van der Waals surface area contributed by atoms with E-state index in [1.54, 1.807) is 22.7 Å². The minimum atomic E-state index is 0.310. The number of hydrogen-bond donors (Lipinski definition) is 0. The van der Waals surface area contributed by atoms with E-state index in [4.69, 9.17) is 0 Å². The summed E-state index contributed by atoms with van der Waals surface area (Å²) in [4.78, 5) is 15.5. The van der Waals surface area contributed by atoms with Crippen LogP contribution in [0.1, 0.15) is 55.1 Å². The minimum absolute atomic E-state index is 0.310. The molecule has 0 unspecified atom stereocenters. The smallest absolute Gasteiger partial charge is 0.172 e. The van der Waals surface area contributed by atoms with E-state index in [1.165, 1.54) is 35.4 Å². The van der Waals surface area contributed by atoms with Crippen molar-refractivity contribution >= 4 is 28.5 Å². The van der Waals surface area contributed by atoms with Gasteiger partial charge in [-0.15, -0.1) is 22.7 Å². The Kier molecular flexibility index (Phi) is 5.80. The summed E-state index contributed by atoms with van der Waals surface area (Å²) in [7, 11) is 0. The van der Waals surface area contributed by atoms with Crippen molar-refractivity contribution < 1.29 is 4.79 Å². The molecule has 1 nitrogen and oxygen atoms in total. The third-order valence-electron chi connectivity index (χ3n) is 3.15. The molecule has 3 heteroatoms. The zero-order valence-corrected chi connectivity index (χ0v) is 13.0. The van der Waals surface area contributed by atoms with E-state index in [1.807, 2.05) is 6.07 Å². The normalized spacial score (nSPS) is 10.8. The van der Waals surface area contributed by atoms with Gasteiger partial charge in [0.1, 0.15) is 0 Å². The molecule has 0 spiro atoms. The van der Waals surface area contributed by atoms with Gasteiger partial charge in [-0.25, -0.2) is 0 Å². The molecule has 0 amide bonds. The lowest BCUT2D eigenvalue weighted by Gasteiger charge is -1.98. The van der Waals surface area contributed by atoms with Gasteiger partial charge >= 0.3 is 0 Å². The SMILES string of the molecule is CCCCCCCC(=O)c1ccc(-c2cccs2)s1. The Bertz CT molecular complexity index is 497. The maximum atomic E-state index is 12.1. The zero-order valence-electron chi connectivity index (χ0n) is 11.4. The van der Waals surface area contributed by atoms with Gasteiger partial charge in [0, 0.05) is 16.2 Å². The first-order valence-electron chi connectivity index (χ1n) is 6.98. The average molecular weight is 292 g/mol. The van der Waals surface area contributed by atoms with Crippen LogP contribution in [0.3, 0.4) is 0 Å². The fraction of sp³-hybridized carbons (Fsp3) is 0.438. The van der Waals surface area contributed by atoms with Crippen molar-refractivity contribution in [3.05, 3.63) is 34.5 Å². The van der Waals surface area contributed by atoms with E-state index >= 15 is 0 Å². The number of Topliss-reactive ketones (excluding diaryl/α,β-unsaturated/α-hetero) is 1. The van der Waals surface area contributed by atoms with E-state index in [2.05, 4.69) is 30.5 Å². The lowest BCUT2D eigenvalue weighted by molar-refractivity contribution is 0.0983. The number of ketones is 1.